The molecule has 38 heavy (non-hydrogen) atoms. The average molecular weight is 522 g/mol. The maximum atomic E-state index is 12.9. The number of piperazine rings is 1. The minimum atomic E-state index is -0.879. The van der Waals surface area contributed by atoms with Gasteiger partial charge in [0, 0.05) is 57.5 Å². The van der Waals surface area contributed by atoms with Crippen molar-refractivity contribution < 1.29 is 4.79 Å². The number of carbonyl (C=O) groups excluding carboxylic acids is 1. The zero-order valence-electron chi connectivity index (χ0n) is 23.1. The van der Waals surface area contributed by atoms with Crippen molar-refractivity contribution in [3.8, 4) is 5.69 Å². The van der Waals surface area contributed by atoms with E-state index in [1.807, 2.05) is 23.1 Å². The van der Waals surface area contributed by atoms with Crippen molar-refractivity contribution in [2.75, 3.05) is 44.2 Å². The second kappa shape index (κ2) is 10.8. The summed E-state index contributed by atoms with van der Waals surface area (Å²) in [6, 6.07) is 11.0. The van der Waals surface area contributed by atoms with Gasteiger partial charge >= 0.3 is 5.69 Å². The van der Waals surface area contributed by atoms with E-state index in [1.54, 1.807) is 29.5 Å². The van der Waals surface area contributed by atoms with Crippen LogP contribution in [0.25, 0.3) is 5.69 Å². The largest absolute Gasteiger partial charge is 0.354 e. The molecule has 0 radical (unpaired) electrons. The molecule has 9 heteroatoms. The van der Waals surface area contributed by atoms with E-state index in [-0.39, 0.29) is 11.6 Å². The van der Waals surface area contributed by atoms with E-state index in [0.29, 0.717) is 44.1 Å². The Balaban J connectivity index is 1.18. The summed E-state index contributed by atoms with van der Waals surface area (Å²) in [4.78, 5) is 36.2. The fraction of sp³-hybridized carbons (Fsp3) is 0.621. The standard InChI is InChI=1S/C29H43N7O2/c1-20(35-18-22-6-7-24(30)17-23(22)19-35)16-21-4-8-25(9-5-21)36-11-10-26(32-28(36)38)33-12-14-34(15-13-33)27(37)29(2,3)31/h4-5,8-11,20,22-24H,6-7,12-19,30-31H2,1-3H3. The molecule has 4 N–H and O–H groups in total. The molecule has 0 spiro atoms. The summed E-state index contributed by atoms with van der Waals surface area (Å²) in [6.45, 7) is 10.5. The average Bonchev–Trinajstić information content (AvgIpc) is 3.32. The van der Waals surface area contributed by atoms with Crippen LogP contribution in [0.1, 0.15) is 45.6 Å². The van der Waals surface area contributed by atoms with Crippen molar-refractivity contribution in [2.24, 2.45) is 23.3 Å². The highest BCUT2D eigenvalue weighted by molar-refractivity contribution is 5.85. The number of carbonyl (C=O) groups is 1. The van der Waals surface area contributed by atoms with Crippen LogP contribution >= 0.6 is 0 Å². The zero-order chi connectivity index (χ0) is 27.0. The molecule has 206 valence electrons. The van der Waals surface area contributed by atoms with Crippen LogP contribution in [-0.4, -0.2) is 82.1 Å². The van der Waals surface area contributed by atoms with Crippen molar-refractivity contribution in [3.63, 3.8) is 0 Å². The number of anilines is 1. The van der Waals surface area contributed by atoms with Gasteiger partial charge in [0.2, 0.25) is 5.91 Å². The van der Waals surface area contributed by atoms with Crippen LogP contribution in [0, 0.1) is 11.8 Å². The normalized spacial score (nSPS) is 25.3. The number of fused-ring (bicyclic) bond motifs is 1. The lowest BCUT2D eigenvalue weighted by Crippen LogP contribution is -2.57. The predicted octanol–water partition coefficient (Wildman–Crippen LogP) is 1.61. The number of amides is 1. The van der Waals surface area contributed by atoms with Gasteiger partial charge in [-0.2, -0.15) is 4.98 Å². The van der Waals surface area contributed by atoms with Crippen molar-refractivity contribution in [3.05, 3.63) is 52.6 Å². The van der Waals surface area contributed by atoms with Crippen LogP contribution in [0.4, 0.5) is 5.82 Å². The summed E-state index contributed by atoms with van der Waals surface area (Å²) in [5, 5.41) is 0. The van der Waals surface area contributed by atoms with Crippen LogP contribution in [-0.2, 0) is 11.2 Å². The Hall–Kier alpha value is -2.75. The molecule has 3 aliphatic rings. The van der Waals surface area contributed by atoms with E-state index in [1.165, 1.54) is 37.9 Å². The molecule has 1 aromatic heterocycles. The molecule has 1 aliphatic carbocycles. The summed E-state index contributed by atoms with van der Waals surface area (Å²) in [5.41, 5.74) is 13.1. The number of rotatable bonds is 6. The SMILES string of the molecule is CC(Cc1ccc(-n2ccc(N3CCN(C(=O)C(C)(C)N)CC3)nc2=O)cc1)N1CC2CCC(N)CC2C1. The molecule has 1 aromatic carbocycles. The summed E-state index contributed by atoms with van der Waals surface area (Å²) in [6.07, 6.45) is 6.40. The minimum Gasteiger partial charge on any atom is -0.353 e. The summed E-state index contributed by atoms with van der Waals surface area (Å²) in [5.74, 6) is 2.16. The summed E-state index contributed by atoms with van der Waals surface area (Å²) < 4.78 is 1.59. The lowest BCUT2D eigenvalue weighted by molar-refractivity contribution is -0.136. The van der Waals surface area contributed by atoms with Crippen molar-refractivity contribution >= 4 is 11.7 Å². The van der Waals surface area contributed by atoms with Gasteiger partial charge < -0.3 is 21.3 Å². The van der Waals surface area contributed by atoms with E-state index in [0.717, 1.165) is 23.9 Å². The van der Waals surface area contributed by atoms with Gasteiger partial charge in [-0.1, -0.05) is 12.1 Å². The van der Waals surface area contributed by atoms with Gasteiger partial charge in [-0.05, 0) is 82.1 Å². The number of nitrogens with two attached hydrogens (primary N) is 2. The van der Waals surface area contributed by atoms with E-state index < -0.39 is 5.54 Å². The third kappa shape index (κ3) is 5.80. The van der Waals surface area contributed by atoms with Gasteiger partial charge in [0.05, 0.1) is 11.2 Å². The first-order valence-electron chi connectivity index (χ1n) is 14.1. The molecule has 4 unspecified atom stereocenters. The molecular weight excluding hydrogens is 478 g/mol. The number of nitrogens with zero attached hydrogens (tertiary/aromatic N) is 5. The molecule has 2 aromatic rings. The minimum absolute atomic E-state index is 0.0541. The first kappa shape index (κ1) is 26.8. The van der Waals surface area contributed by atoms with Gasteiger partial charge in [-0.3, -0.25) is 14.3 Å². The van der Waals surface area contributed by atoms with E-state index in [9.17, 15) is 9.59 Å². The number of likely N-dealkylation sites (tertiary alicyclic amines) is 1. The van der Waals surface area contributed by atoms with Crippen LogP contribution in [0.15, 0.2) is 41.3 Å². The van der Waals surface area contributed by atoms with Gasteiger partial charge in [0.15, 0.2) is 0 Å². The topological polar surface area (TPSA) is 114 Å². The van der Waals surface area contributed by atoms with E-state index in [4.69, 9.17) is 11.5 Å². The molecular formula is C29H43N7O2. The Labute approximate surface area is 225 Å². The van der Waals surface area contributed by atoms with Crippen LogP contribution < -0.4 is 22.1 Å². The Kier molecular flexibility index (Phi) is 7.62. The second-order valence-electron chi connectivity index (χ2n) is 12.2. The van der Waals surface area contributed by atoms with Gasteiger partial charge in [0.1, 0.15) is 5.82 Å². The third-order valence-electron chi connectivity index (χ3n) is 8.72. The van der Waals surface area contributed by atoms with Gasteiger partial charge in [0.25, 0.3) is 0 Å². The van der Waals surface area contributed by atoms with E-state index in [2.05, 4.69) is 28.9 Å². The molecule has 4 atom stereocenters. The summed E-state index contributed by atoms with van der Waals surface area (Å²) >= 11 is 0. The number of benzene rings is 1. The second-order valence-corrected chi connectivity index (χ2v) is 12.2. The number of hydrogen-bond donors (Lipinski definition) is 2. The van der Waals surface area contributed by atoms with Crippen LogP contribution in [0.5, 0.6) is 0 Å². The quantitative estimate of drug-likeness (QED) is 0.594. The molecule has 5 rings (SSSR count). The maximum Gasteiger partial charge on any atom is 0.354 e. The monoisotopic (exact) mass is 521 g/mol. The highest BCUT2D eigenvalue weighted by Gasteiger charge is 2.38. The smallest absolute Gasteiger partial charge is 0.353 e. The first-order chi connectivity index (χ1) is 18.1. The highest BCUT2D eigenvalue weighted by atomic mass is 16.2. The Morgan fingerprint density at radius 2 is 1.74 bits per heavy atom. The molecule has 2 aliphatic heterocycles. The van der Waals surface area contributed by atoms with Gasteiger partial charge in [-0.25, -0.2) is 4.79 Å². The molecule has 2 saturated heterocycles. The Morgan fingerprint density at radius 3 is 2.39 bits per heavy atom. The van der Waals surface area contributed by atoms with Crippen LogP contribution in [0.3, 0.4) is 0 Å². The highest BCUT2D eigenvalue weighted by Crippen LogP contribution is 2.36. The van der Waals surface area contributed by atoms with Gasteiger partial charge in [-0.15, -0.1) is 0 Å². The molecule has 9 nitrogen and oxygen atoms in total. The number of aromatic nitrogens is 2. The Bertz CT molecular complexity index is 1180. The van der Waals surface area contributed by atoms with Crippen molar-refractivity contribution in [1.29, 1.82) is 0 Å². The molecule has 1 amide bonds. The third-order valence-corrected chi connectivity index (χ3v) is 8.72. The fourth-order valence-corrected chi connectivity index (χ4v) is 6.44. The lowest BCUT2D eigenvalue weighted by Gasteiger charge is -2.37. The van der Waals surface area contributed by atoms with E-state index >= 15 is 0 Å². The van der Waals surface area contributed by atoms with Crippen LogP contribution in [0.2, 0.25) is 0 Å². The predicted molar refractivity (Wildman–Crippen MR) is 150 cm³/mol. The summed E-state index contributed by atoms with van der Waals surface area (Å²) in [7, 11) is 0. The van der Waals surface area contributed by atoms with Crippen molar-refractivity contribution in [2.45, 2.75) is 64.1 Å². The Morgan fingerprint density at radius 1 is 1.05 bits per heavy atom. The first-order valence-corrected chi connectivity index (χ1v) is 14.1. The van der Waals surface area contributed by atoms with Crippen molar-refractivity contribution in [1.82, 2.24) is 19.4 Å². The fourth-order valence-electron chi connectivity index (χ4n) is 6.44. The molecule has 0 bridgehead atoms. The molecule has 3 heterocycles. The maximum absolute atomic E-state index is 12.9. The molecule has 1 saturated carbocycles. The lowest BCUT2D eigenvalue weighted by atomic mass is 9.79. The molecule has 3 fully saturated rings. The zero-order valence-corrected chi connectivity index (χ0v) is 23.1. The number of hydrogen-bond acceptors (Lipinski definition) is 7.